The summed E-state index contributed by atoms with van der Waals surface area (Å²) in [5.41, 5.74) is 3.66. The zero-order chi connectivity index (χ0) is 14.4. The van der Waals surface area contributed by atoms with Gasteiger partial charge in [0.25, 0.3) is 0 Å². The van der Waals surface area contributed by atoms with E-state index in [1.807, 2.05) is 6.07 Å². The zero-order valence-electron chi connectivity index (χ0n) is 12.5. The van der Waals surface area contributed by atoms with Gasteiger partial charge in [0.1, 0.15) is 0 Å². The molecule has 0 saturated carbocycles. The van der Waals surface area contributed by atoms with Gasteiger partial charge in [-0.05, 0) is 17.5 Å². The standard InChI is InChI=1S/C18H23NO/c1-14(2)18(15-9-5-4-6-10-15)19-17-12-8-7-11-16(17)13-20-3/h4-12,14,18-19H,13H2,1-3H3. The Kier molecular flexibility index (Phi) is 5.19. The number of ether oxygens (including phenoxy) is 1. The Hall–Kier alpha value is -1.80. The molecule has 0 radical (unpaired) electrons. The van der Waals surface area contributed by atoms with Gasteiger partial charge in [-0.15, -0.1) is 0 Å². The fourth-order valence-electron chi connectivity index (χ4n) is 2.41. The van der Waals surface area contributed by atoms with E-state index in [1.54, 1.807) is 7.11 Å². The van der Waals surface area contributed by atoms with Crippen LogP contribution in [0.3, 0.4) is 0 Å². The van der Waals surface area contributed by atoms with Crippen LogP contribution in [0, 0.1) is 5.92 Å². The maximum absolute atomic E-state index is 5.28. The number of rotatable bonds is 6. The zero-order valence-corrected chi connectivity index (χ0v) is 12.5. The van der Waals surface area contributed by atoms with Crippen molar-refractivity contribution in [2.75, 3.05) is 12.4 Å². The van der Waals surface area contributed by atoms with Gasteiger partial charge in [0, 0.05) is 18.4 Å². The normalized spacial score (nSPS) is 12.4. The van der Waals surface area contributed by atoms with Crippen LogP contribution in [0.2, 0.25) is 0 Å². The Bertz CT molecular complexity index is 522. The van der Waals surface area contributed by atoms with Crippen molar-refractivity contribution in [3.63, 3.8) is 0 Å². The van der Waals surface area contributed by atoms with Crippen molar-refractivity contribution in [3.05, 3.63) is 65.7 Å². The van der Waals surface area contributed by atoms with Crippen LogP contribution in [0.5, 0.6) is 0 Å². The van der Waals surface area contributed by atoms with E-state index < -0.39 is 0 Å². The summed E-state index contributed by atoms with van der Waals surface area (Å²) in [4.78, 5) is 0. The highest BCUT2D eigenvalue weighted by Gasteiger charge is 2.16. The van der Waals surface area contributed by atoms with Crippen molar-refractivity contribution in [1.29, 1.82) is 0 Å². The van der Waals surface area contributed by atoms with Crippen LogP contribution in [0.25, 0.3) is 0 Å². The minimum absolute atomic E-state index is 0.300. The number of para-hydroxylation sites is 1. The van der Waals surface area contributed by atoms with Crippen molar-refractivity contribution in [1.82, 2.24) is 0 Å². The maximum Gasteiger partial charge on any atom is 0.0733 e. The molecule has 0 bridgehead atoms. The second-order valence-electron chi connectivity index (χ2n) is 5.37. The number of anilines is 1. The fraction of sp³-hybridized carbons (Fsp3) is 0.333. The highest BCUT2D eigenvalue weighted by atomic mass is 16.5. The lowest BCUT2D eigenvalue weighted by Gasteiger charge is -2.25. The van der Waals surface area contributed by atoms with Crippen LogP contribution in [0.15, 0.2) is 54.6 Å². The Morgan fingerprint density at radius 2 is 1.60 bits per heavy atom. The Balaban J connectivity index is 2.25. The molecule has 2 nitrogen and oxygen atoms in total. The molecule has 0 aliphatic heterocycles. The Morgan fingerprint density at radius 1 is 0.950 bits per heavy atom. The van der Waals surface area contributed by atoms with Gasteiger partial charge in [-0.25, -0.2) is 0 Å². The van der Waals surface area contributed by atoms with Gasteiger partial charge in [0.2, 0.25) is 0 Å². The van der Waals surface area contributed by atoms with Gasteiger partial charge < -0.3 is 10.1 Å². The first-order valence-corrected chi connectivity index (χ1v) is 7.10. The van der Waals surface area contributed by atoms with E-state index in [2.05, 4.69) is 67.7 Å². The van der Waals surface area contributed by atoms with Gasteiger partial charge in [-0.2, -0.15) is 0 Å². The average Bonchev–Trinajstić information content (AvgIpc) is 2.47. The Morgan fingerprint density at radius 3 is 2.25 bits per heavy atom. The summed E-state index contributed by atoms with van der Waals surface area (Å²) in [5, 5.41) is 3.67. The quantitative estimate of drug-likeness (QED) is 0.824. The SMILES string of the molecule is COCc1ccccc1NC(c1ccccc1)C(C)C. The molecule has 2 heteroatoms. The lowest BCUT2D eigenvalue weighted by molar-refractivity contribution is 0.185. The molecule has 2 rings (SSSR count). The van der Waals surface area contributed by atoms with Crippen molar-refractivity contribution >= 4 is 5.69 Å². The molecule has 20 heavy (non-hydrogen) atoms. The lowest BCUT2D eigenvalue weighted by atomic mass is 9.95. The third kappa shape index (κ3) is 3.61. The summed E-state index contributed by atoms with van der Waals surface area (Å²) in [5.74, 6) is 0.507. The van der Waals surface area contributed by atoms with Gasteiger partial charge >= 0.3 is 0 Å². The molecule has 1 unspecified atom stereocenters. The summed E-state index contributed by atoms with van der Waals surface area (Å²) < 4.78 is 5.28. The molecule has 0 aliphatic rings. The van der Waals surface area contributed by atoms with Crippen LogP contribution in [0.4, 0.5) is 5.69 Å². The number of hydrogen-bond acceptors (Lipinski definition) is 2. The highest BCUT2D eigenvalue weighted by molar-refractivity contribution is 5.52. The molecule has 0 amide bonds. The number of methoxy groups -OCH3 is 1. The predicted octanol–water partition coefficient (Wildman–Crippen LogP) is 4.64. The van der Waals surface area contributed by atoms with Gasteiger partial charge in [-0.1, -0.05) is 62.4 Å². The van der Waals surface area contributed by atoms with E-state index in [0.29, 0.717) is 18.6 Å². The number of benzene rings is 2. The van der Waals surface area contributed by atoms with E-state index in [-0.39, 0.29) is 0 Å². The summed E-state index contributed by atoms with van der Waals surface area (Å²) in [7, 11) is 1.73. The van der Waals surface area contributed by atoms with Crippen LogP contribution in [-0.2, 0) is 11.3 Å². The topological polar surface area (TPSA) is 21.3 Å². The van der Waals surface area contributed by atoms with E-state index >= 15 is 0 Å². The minimum Gasteiger partial charge on any atom is -0.380 e. The van der Waals surface area contributed by atoms with Crippen molar-refractivity contribution in [3.8, 4) is 0 Å². The molecule has 0 fully saturated rings. The first-order valence-electron chi connectivity index (χ1n) is 7.10. The molecule has 1 N–H and O–H groups in total. The second kappa shape index (κ2) is 7.11. The van der Waals surface area contributed by atoms with Crippen LogP contribution >= 0.6 is 0 Å². The number of hydrogen-bond donors (Lipinski definition) is 1. The third-order valence-corrected chi connectivity index (χ3v) is 3.45. The van der Waals surface area contributed by atoms with Crippen LogP contribution in [0.1, 0.15) is 31.0 Å². The lowest BCUT2D eigenvalue weighted by Crippen LogP contribution is -2.17. The molecule has 106 valence electrons. The predicted molar refractivity (Wildman–Crippen MR) is 84.8 cm³/mol. The Labute approximate surface area is 121 Å². The molecular formula is C18H23NO. The van der Waals surface area contributed by atoms with Crippen LogP contribution in [-0.4, -0.2) is 7.11 Å². The molecule has 0 saturated heterocycles. The third-order valence-electron chi connectivity index (χ3n) is 3.45. The molecule has 0 heterocycles. The minimum atomic E-state index is 0.300. The molecule has 0 aromatic heterocycles. The maximum atomic E-state index is 5.28. The van der Waals surface area contributed by atoms with Gasteiger partial charge in [0.15, 0.2) is 0 Å². The molecule has 0 aliphatic carbocycles. The monoisotopic (exact) mass is 269 g/mol. The van der Waals surface area contributed by atoms with Gasteiger partial charge in [-0.3, -0.25) is 0 Å². The fourth-order valence-corrected chi connectivity index (χ4v) is 2.41. The average molecular weight is 269 g/mol. The van der Waals surface area contributed by atoms with Crippen molar-refractivity contribution < 1.29 is 4.74 Å². The van der Waals surface area contributed by atoms with E-state index in [1.165, 1.54) is 11.1 Å². The largest absolute Gasteiger partial charge is 0.380 e. The second-order valence-corrected chi connectivity index (χ2v) is 5.37. The summed E-state index contributed by atoms with van der Waals surface area (Å²) in [6.45, 7) is 5.11. The molecule has 2 aromatic rings. The van der Waals surface area contributed by atoms with E-state index in [4.69, 9.17) is 4.74 Å². The molecule has 1 atom stereocenters. The molecular weight excluding hydrogens is 246 g/mol. The number of nitrogens with one attached hydrogen (secondary N) is 1. The first kappa shape index (κ1) is 14.6. The molecule has 0 spiro atoms. The van der Waals surface area contributed by atoms with E-state index in [0.717, 1.165) is 5.69 Å². The smallest absolute Gasteiger partial charge is 0.0733 e. The molecule has 2 aromatic carbocycles. The highest BCUT2D eigenvalue weighted by Crippen LogP contribution is 2.28. The van der Waals surface area contributed by atoms with E-state index in [9.17, 15) is 0 Å². The van der Waals surface area contributed by atoms with Gasteiger partial charge in [0.05, 0.1) is 12.6 Å². The summed E-state index contributed by atoms with van der Waals surface area (Å²) >= 11 is 0. The first-order chi connectivity index (χ1) is 9.72. The van der Waals surface area contributed by atoms with Crippen molar-refractivity contribution in [2.24, 2.45) is 5.92 Å². The van der Waals surface area contributed by atoms with Crippen LogP contribution < -0.4 is 5.32 Å². The van der Waals surface area contributed by atoms with Crippen molar-refractivity contribution in [2.45, 2.75) is 26.5 Å². The summed E-state index contributed by atoms with van der Waals surface area (Å²) in [6, 6.07) is 19.2. The summed E-state index contributed by atoms with van der Waals surface area (Å²) in [6.07, 6.45) is 0.